The Morgan fingerprint density at radius 1 is 1.29 bits per heavy atom. The van der Waals surface area contributed by atoms with Crippen LogP contribution in [0, 0.1) is 0 Å². The third kappa shape index (κ3) is 0.931. The van der Waals surface area contributed by atoms with Gasteiger partial charge in [0, 0.05) is 28.8 Å². The highest BCUT2D eigenvalue weighted by Gasteiger charge is 1.75. The summed E-state index contributed by atoms with van der Waals surface area (Å²) >= 11 is 0. The van der Waals surface area contributed by atoms with E-state index >= 15 is 0 Å². The normalized spacial score (nSPS) is 9.71. The van der Waals surface area contributed by atoms with Gasteiger partial charge in [-0.25, -0.2) is 0 Å². The molecular formula is C5H9NSi. The molecule has 0 aliphatic heterocycles. The summed E-state index contributed by atoms with van der Waals surface area (Å²) in [6, 6.07) is 4.11. The second-order valence-electron chi connectivity index (χ2n) is 1.51. The van der Waals surface area contributed by atoms with E-state index in [0.717, 1.165) is 0 Å². The van der Waals surface area contributed by atoms with Crippen molar-refractivity contribution < 1.29 is 0 Å². The Hall–Kier alpha value is -0.503. The summed E-state index contributed by atoms with van der Waals surface area (Å²) in [5.41, 5.74) is 0. The van der Waals surface area contributed by atoms with E-state index in [9.17, 15) is 0 Å². The molecule has 0 atom stereocenters. The fourth-order valence-electron chi connectivity index (χ4n) is 0.581. The smallest absolute Gasteiger partial charge is 0.0277 e. The van der Waals surface area contributed by atoms with Gasteiger partial charge < -0.3 is 4.57 Å². The van der Waals surface area contributed by atoms with Gasteiger partial charge in [-0.15, -0.1) is 0 Å². The second kappa shape index (κ2) is 1.98. The molecule has 1 heterocycles. The molecule has 0 saturated heterocycles. The fraction of sp³-hybridized carbons (Fsp3) is 0.200. The fourth-order valence-corrected chi connectivity index (χ4v) is 1.00. The van der Waals surface area contributed by atoms with Gasteiger partial charge in [0.1, 0.15) is 0 Å². The third-order valence-corrected chi connectivity index (χ3v) is 1.76. The Morgan fingerprint density at radius 2 is 1.86 bits per heavy atom. The molecule has 0 spiro atoms. The molecule has 0 amide bonds. The standard InChI is InChI=1S/C5H9NSi/c7-5-6-3-1-2-4-6/h1-4H,5H2,7H3. The summed E-state index contributed by atoms with van der Waals surface area (Å²) in [6.07, 6.45) is 5.40. The van der Waals surface area contributed by atoms with Crippen LogP contribution < -0.4 is 0 Å². The maximum atomic E-state index is 2.19. The van der Waals surface area contributed by atoms with Crippen molar-refractivity contribution in [2.45, 2.75) is 6.17 Å². The van der Waals surface area contributed by atoms with Crippen LogP contribution in [-0.2, 0) is 6.17 Å². The van der Waals surface area contributed by atoms with Crippen molar-refractivity contribution in [3.8, 4) is 0 Å². The molecule has 0 fully saturated rings. The van der Waals surface area contributed by atoms with Crippen LogP contribution in [-0.4, -0.2) is 14.8 Å². The van der Waals surface area contributed by atoms with E-state index in [1.807, 2.05) is 0 Å². The molecule has 0 aromatic carbocycles. The topological polar surface area (TPSA) is 4.93 Å². The molecule has 0 unspecified atom stereocenters. The van der Waals surface area contributed by atoms with Crippen LogP contribution in [0.5, 0.6) is 0 Å². The third-order valence-electron chi connectivity index (χ3n) is 1.03. The molecule has 0 saturated carbocycles. The van der Waals surface area contributed by atoms with Gasteiger partial charge in [-0.2, -0.15) is 0 Å². The van der Waals surface area contributed by atoms with E-state index in [1.54, 1.807) is 0 Å². The van der Waals surface area contributed by atoms with Crippen LogP contribution in [0.1, 0.15) is 0 Å². The van der Waals surface area contributed by atoms with Crippen LogP contribution in [0.25, 0.3) is 0 Å². The van der Waals surface area contributed by atoms with E-state index in [-0.39, 0.29) is 0 Å². The molecule has 0 aliphatic carbocycles. The zero-order valence-corrected chi connectivity index (χ0v) is 6.46. The van der Waals surface area contributed by atoms with Gasteiger partial charge in [0.2, 0.25) is 0 Å². The number of nitrogens with zero attached hydrogens (tertiary/aromatic N) is 1. The van der Waals surface area contributed by atoms with Crippen LogP contribution in [0.3, 0.4) is 0 Å². The molecule has 1 rings (SSSR count). The number of hydrogen-bond donors (Lipinski definition) is 0. The molecule has 1 aromatic heterocycles. The monoisotopic (exact) mass is 111 g/mol. The maximum Gasteiger partial charge on any atom is 0.0277 e. The lowest BCUT2D eigenvalue weighted by Crippen LogP contribution is -1.90. The van der Waals surface area contributed by atoms with Gasteiger partial charge in [0.25, 0.3) is 0 Å². The predicted octanol–water partition coefficient (Wildman–Crippen LogP) is -0.189. The Morgan fingerprint density at radius 3 is 2.14 bits per heavy atom. The predicted molar refractivity (Wildman–Crippen MR) is 34.4 cm³/mol. The second-order valence-corrected chi connectivity index (χ2v) is 2.15. The van der Waals surface area contributed by atoms with Gasteiger partial charge in [-0.1, -0.05) is 0 Å². The summed E-state index contributed by atoms with van der Waals surface area (Å²) in [4.78, 5) is 0. The van der Waals surface area contributed by atoms with Crippen LogP contribution in [0.4, 0.5) is 0 Å². The van der Waals surface area contributed by atoms with Crippen LogP contribution >= 0.6 is 0 Å². The summed E-state index contributed by atoms with van der Waals surface area (Å²) < 4.78 is 2.19. The number of aromatic nitrogens is 1. The minimum absolute atomic E-state index is 1.22. The SMILES string of the molecule is [SiH3]Cn1cccc1. The van der Waals surface area contributed by atoms with Crippen molar-refractivity contribution in [1.29, 1.82) is 0 Å². The zero-order valence-electron chi connectivity index (χ0n) is 4.46. The largest absolute Gasteiger partial charge is 0.358 e. The molecule has 7 heavy (non-hydrogen) atoms. The Labute approximate surface area is 46.4 Å². The van der Waals surface area contributed by atoms with Gasteiger partial charge in [-0.3, -0.25) is 0 Å². The molecule has 1 aromatic rings. The van der Waals surface area contributed by atoms with Crippen molar-refractivity contribution in [2.24, 2.45) is 0 Å². The van der Waals surface area contributed by atoms with Gasteiger partial charge in [0.05, 0.1) is 0 Å². The van der Waals surface area contributed by atoms with E-state index < -0.39 is 0 Å². The Kier molecular flexibility index (Phi) is 1.31. The lowest BCUT2D eigenvalue weighted by molar-refractivity contribution is 0.892. The molecule has 0 radical (unpaired) electrons. The average molecular weight is 111 g/mol. The van der Waals surface area contributed by atoms with Gasteiger partial charge >= 0.3 is 0 Å². The molecule has 0 N–H and O–H groups in total. The number of hydrogen-bond acceptors (Lipinski definition) is 0. The van der Waals surface area contributed by atoms with Crippen molar-refractivity contribution in [3.63, 3.8) is 0 Å². The van der Waals surface area contributed by atoms with E-state index in [0.29, 0.717) is 0 Å². The van der Waals surface area contributed by atoms with Crippen molar-refractivity contribution in [2.75, 3.05) is 0 Å². The Balaban J connectivity index is 2.76. The average Bonchev–Trinajstić information content (AvgIpc) is 2.14. The summed E-state index contributed by atoms with van der Waals surface area (Å²) in [5, 5.41) is 0. The first-order valence-electron chi connectivity index (χ1n) is 2.54. The summed E-state index contributed by atoms with van der Waals surface area (Å²) in [5.74, 6) is 0. The molecule has 0 aliphatic rings. The minimum Gasteiger partial charge on any atom is -0.358 e. The maximum absolute atomic E-state index is 2.19. The lowest BCUT2D eigenvalue weighted by Gasteiger charge is -1.89. The van der Waals surface area contributed by atoms with Gasteiger partial charge in [-0.05, 0) is 12.1 Å². The van der Waals surface area contributed by atoms with Crippen molar-refractivity contribution in [1.82, 2.24) is 4.57 Å². The summed E-state index contributed by atoms with van der Waals surface area (Å²) in [6.45, 7) is 0. The molecule has 38 valence electrons. The van der Waals surface area contributed by atoms with E-state index in [4.69, 9.17) is 0 Å². The van der Waals surface area contributed by atoms with Gasteiger partial charge in [0.15, 0.2) is 0 Å². The quantitative estimate of drug-likeness (QED) is 0.443. The molecule has 2 heteroatoms. The summed E-state index contributed by atoms with van der Waals surface area (Å²) in [7, 11) is 1.25. The van der Waals surface area contributed by atoms with Crippen LogP contribution in [0.2, 0.25) is 0 Å². The number of rotatable bonds is 1. The van der Waals surface area contributed by atoms with E-state index in [2.05, 4.69) is 29.1 Å². The molecule has 1 nitrogen and oxygen atoms in total. The highest BCUT2D eigenvalue weighted by atomic mass is 28.1. The Bertz CT molecular complexity index is 123. The zero-order chi connectivity index (χ0) is 5.11. The lowest BCUT2D eigenvalue weighted by atomic mass is 10.7. The van der Waals surface area contributed by atoms with Crippen LogP contribution in [0.15, 0.2) is 24.5 Å². The first-order valence-corrected chi connectivity index (χ1v) is 3.95. The van der Waals surface area contributed by atoms with E-state index in [1.165, 1.54) is 16.4 Å². The first-order chi connectivity index (χ1) is 3.43. The molecule has 0 bridgehead atoms. The molecular weight excluding hydrogens is 102 g/mol. The van der Waals surface area contributed by atoms with Crippen molar-refractivity contribution >= 4 is 10.2 Å². The van der Waals surface area contributed by atoms with Crippen molar-refractivity contribution in [3.05, 3.63) is 24.5 Å². The first kappa shape index (κ1) is 4.65. The minimum atomic E-state index is 1.22. The highest BCUT2D eigenvalue weighted by Crippen LogP contribution is 1.84. The highest BCUT2D eigenvalue weighted by molar-refractivity contribution is 6.06.